The fourth-order valence-corrected chi connectivity index (χ4v) is 1.18. The van der Waals surface area contributed by atoms with Gasteiger partial charge in [0.05, 0.1) is 11.4 Å². The van der Waals surface area contributed by atoms with Crippen LogP contribution in [0.2, 0.25) is 0 Å². The van der Waals surface area contributed by atoms with E-state index < -0.39 is 0 Å². The Hall–Kier alpha value is -1.64. The van der Waals surface area contributed by atoms with Crippen LogP contribution in [0.25, 0.3) is 0 Å². The Morgan fingerprint density at radius 3 is 2.40 bits per heavy atom. The summed E-state index contributed by atoms with van der Waals surface area (Å²) in [6.07, 6.45) is 0.914. The molecule has 0 heterocycles. The minimum absolute atomic E-state index is 0.572. The third-order valence-electron chi connectivity index (χ3n) is 2.27. The van der Waals surface area contributed by atoms with Crippen LogP contribution in [0.4, 0.5) is 0 Å². The average Bonchev–Trinajstić information content (AvgIpc) is 2.29. The number of nitrogens with zero attached hydrogens (tertiary/aromatic N) is 2. The molecule has 0 saturated carbocycles. The highest BCUT2D eigenvalue weighted by molar-refractivity contribution is 6.40. The lowest BCUT2D eigenvalue weighted by Gasteiger charge is -1.99. The summed E-state index contributed by atoms with van der Waals surface area (Å²) in [7, 11) is 0. The molecule has 0 radical (unpaired) electrons. The molecule has 1 N–H and O–H groups in total. The van der Waals surface area contributed by atoms with Crippen LogP contribution < -0.4 is 0 Å². The molecule has 0 aliphatic carbocycles. The molecule has 0 aliphatic rings. The zero-order valence-corrected chi connectivity index (χ0v) is 9.14. The maximum Gasteiger partial charge on any atom is 0.0971 e. The minimum Gasteiger partial charge on any atom is -0.411 e. The van der Waals surface area contributed by atoms with E-state index in [4.69, 9.17) is 5.21 Å². The number of hydrogen-bond donors (Lipinski definition) is 1. The monoisotopic (exact) mass is 204 g/mol. The van der Waals surface area contributed by atoms with Crippen LogP contribution in [0.15, 0.2) is 40.5 Å². The second-order valence-corrected chi connectivity index (χ2v) is 3.39. The third kappa shape index (κ3) is 3.94. The molecule has 0 spiro atoms. The first-order chi connectivity index (χ1) is 7.24. The van der Waals surface area contributed by atoms with Crippen molar-refractivity contribution in [1.82, 2.24) is 0 Å². The van der Waals surface area contributed by atoms with Gasteiger partial charge in [-0.3, -0.25) is 4.99 Å². The molecule has 1 aromatic rings. The van der Waals surface area contributed by atoms with Crippen LogP contribution in [0.3, 0.4) is 0 Å². The number of aliphatic imine (C=N–C) groups is 1. The Kier molecular flexibility index (Phi) is 4.54. The van der Waals surface area contributed by atoms with Gasteiger partial charge in [0.15, 0.2) is 0 Å². The van der Waals surface area contributed by atoms with Crippen molar-refractivity contribution in [3.8, 4) is 0 Å². The van der Waals surface area contributed by atoms with E-state index in [0.717, 1.165) is 18.7 Å². The molecule has 0 fully saturated rings. The quantitative estimate of drug-likeness (QED) is 0.457. The standard InChI is InChI=1S/C12H16N2O/c1-10(11(2)14-15)13-9-8-12-6-4-3-5-7-12/h3-7,15H,8-9H2,1-2H3/b13-10?,14-11+. The zero-order valence-electron chi connectivity index (χ0n) is 9.14. The Morgan fingerprint density at radius 1 is 1.13 bits per heavy atom. The van der Waals surface area contributed by atoms with Crippen molar-refractivity contribution in [2.45, 2.75) is 20.3 Å². The maximum atomic E-state index is 8.53. The molecule has 0 aromatic heterocycles. The summed E-state index contributed by atoms with van der Waals surface area (Å²) in [5, 5.41) is 11.6. The summed E-state index contributed by atoms with van der Waals surface area (Å²) in [6.45, 7) is 4.31. The van der Waals surface area contributed by atoms with Gasteiger partial charge in [0, 0.05) is 6.54 Å². The summed E-state index contributed by atoms with van der Waals surface area (Å²) in [6, 6.07) is 10.2. The third-order valence-corrected chi connectivity index (χ3v) is 2.27. The fourth-order valence-electron chi connectivity index (χ4n) is 1.18. The first-order valence-electron chi connectivity index (χ1n) is 4.98. The van der Waals surface area contributed by atoms with Gasteiger partial charge in [-0.15, -0.1) is 0 Å². The van der Waals surface area contributed by atoms with Crippen molar-refractivity contribution < 1.29 is 5.21 Å². The van der Waals surface area contributed by atoms with Crippen molar-refractivity contribution in [2.24, 2.45) is 10.1 Å². The highest BCUT2D eigenvalue weighted by Crippen LogP contribution is 1.99. The topological polar surface area (TPSA) is 45.0 Å². The SMILES string of the molecule is CC(=NCCc1ccccc1)/C(C)=N/O. The largest absolute Gasteiger partial charge is 0.411 e. The molecule has 15 heavy (non-hydrogen) atoms. The van der Waals surface area contributed by atoms with Gasteiger partial charge in [-0.1, -0.05) is 35.5 Å². The van der Waals surface area contributed by atoms with Crippen molar-refractivity contribution in [1.29, 1.82) is 0 Å². The van der Waals surface area contributed by atoms with E-state index in [9.17, 15) is 0 Å². The van der Waals surface area contributed by atoms with Gasteiger partial charge in [-0.25, -0.2) is 0 Å². The molecule has 0 unspecified atom stereocenters. The lowest BCUT2D eigenvalue weighted by atomic mass is 10.1. The van der Waals surface area contributed by atoms with Crippen LogP contribution in [0.1, 0.15) is 19.4 Å². The number of benzene rings is 1. The molecule has 3 nitrogen and oxygen atoms in total. The first kappa shape index (κ1) is 11.4. The molecule has 1 rings (SSSR count). The molecule has 1 aromatic carbocycles. The van der Waals surface area contributed by atoms with Gasteiger partial charge in [-0.2, -0.15) is 0 Å². The average molecular weight is 204 g/mol. The van der Waals surface area contributed by atoms with Gasteiger partial charge in [0.1, 0.15) is 0 Å². The highest BCUT2D eigenvalue weighted by Gasteiger charge is 1.96. The normalized spacial score (nSPS) is 12.9. The molecule has 80 valence electrons. The molecule has 3 heteroatoms. The number of rotatable bonds is 4. The van der Waals surface area contributed by atoms with E-state index in [1.54, 1.807) is 6.92 Å². The van der Waals surface area contributed by atoms with E-state index in [1.807, 2.05) is 25.1 Å². The summed E-state index contributed by atoms with van der Waals surface area (Å²) in [5.41, 5.74) is 2.63. The van der Waals surface area contributed by atoms with Crippen LogP contribution in [0.5, 0.6) is 0 Å². The summed E-state index contributed by atoms with van der Waals surface area (Å²) >= 11 is 0. The number of hydrogen-bond acceptors (Lipinski definition) is 3. The van der Waals surface area contributed by atoms with Crippen molar-refractivity contribution in [3.63, 3.8) is 0 Å². The van der Waals surface area contributed by atoms with Gasteiger partial charge in [-0.05, 0) is 25.8 Å². The molecular weight excluding hydrogens is 188 g/mol. The first-order valence-corrected chi connectivity index (χ1v) is 4.98. The van der Waals surface area contributed by atoms with Gasteiger partial charge in [0.25, 0.3) is 0 Å². The fraction of sp³-hybridized carbons (Fsp3) is 0.333. The van der Waals surface area contributed by atoms with E-state index in [2.05, 4.69) is 22.3 Å². The number of oxime groups is 1. The molecular formula is C12H16N2O. The van der Waals surface area contributed by atoms with Gasteiger partial charge < -0.3 is 5.21 Å². The summed E-state index contributed by atoms with van der Waals surface area (Å²) in [4.78, 5) is 4.32. The zero-order chi connectivity index (χ0) is 11.1. The second-order valence-electron chi connectivity index (χ2n) is 3.39. The minimum atomic E-state index is 0.572. The molecule has 0 saturated heterocycles. The maximum absolute atomic E-state index is 8.53. The molecule has 0 aliphatic heterocycles. The molecule has 0 amide bonds. The van der Waals surface area contributed by atoms with Crippen molar-refractivity contribution in [2.75, 3.05) is 6.54 Å². The second kappa shape index (κ2) is 5.96. The van der Waals surface area contributed by atoms with E-state index in [0.29, 0.717) is 5.71 Å². The predicted molar refractivity (Wildman–Crippen MR) is 63.0 cm³/mol. The van der Waals surface area contributed by atoms with Crippen LogP contribution in [-0.2, 0) is 6.42 Å². The highest BCUT2D eigenvalue weighted by atomic mass is 16.4. The van der Waals surface area contributed by atoms with E-state index >= 15 is 0 Å². The molecule has 0 atom stereocenters. The molecule has 0 bridgehead atoms. The van der Waals surface area contributed by atoms with Gasteiger partial charge >= 0.3 is 0 Å². The van der Waals surface area contributed by atoms with Crippen LogP contribution in [-0.4, -0.2) is 23.2 Å². The Bertz CT molecular complexity index is 355. The summed E-state index contributed by atoms with van der Waals surface area (Å²) < 4.78 is 0. The lowest BCUT2D eigenvalue weighted by molar-refractivity contribution is 0.320. The van der Waals surface area contributed by atoms with Crippen LogP contribution >= 0.6 is 0 Å². The predicted octanol–water partition coefficient (Wildman–Crippen LogP) is 2.54. The van der Waals surface area contributed by atoms with Crippen molar-refractivity contribution >= 4 is 11.4 Å². The van der Waals surface area contributed by atoms with E-state index in [-0.39, 0.29) is 0 Å². The lowest BCUT2D eigenvalue weighted by Crippen LogP contribution is -2.06. The van der Waals surface area contributed by atoms with Crippen molar-refractivity contribution in [3.05, 3.63) is 35.9 Å². The van der Waals surface area contributed by atoms with Crippen LogP contribution in [0, 0.1) is 0 Å². The van der Waals surface area contributed by atoms with E-state index in [1.165, 1.54) is 5.56 Å². The Labute approximate surface area is 90.2 Å². The van der Waals surface area contributed by atoms with Gasteiger partial charge in [0.2, 0.25) is 0 Å². The summed E-state index contributed by atoms with van der Waals surface area (Å²) in [5.74, 6) is 0. The Morgan fingerprint density at radius 2 is 1.80 bits per heavy atom. The smallest absolute Gasteiger partial charge is 0.0971 e. The Balaban J connectivity index is 2.46.